The van der Waals surface area contributed by atoms with Gasteiger partial charge in [-0.15, -0.1) is 0 Å². The lowest BCUT2D eigenvalue weighted by Crippen LogP contribution is -2.46. The predicted octanol–water partition coefficient (Wildman–Crippen LogP) is 0.000900. The fraction of sp³-hybridized carbons (Fsp3) is 0.818. The zero-order valence-electron chi connectivity index (χ0n) is 10.5. The minimum Gasteiger partial charge on any atom is -0.481 e. The molecule has 1 atom stereocenters. The largest absolute Gasteiger partial charge is 0.481 e. The van der Waals surface area contributed by atoms with E-state index in [1.54, 1.807) is 13.8 Å². The van der Waals surface area contributed by atoms with E-state index in [1.807, 2.05) is 6.92 Å². The fourth-order valence-corrected chi connectivity index (χ4v) is 1.19. The minimum atomic E-state index is -1.22. The Hall–Kier alpha value is -1.14. The molecule has 0 aromatic rings. The van der Waals surface area contributed by atoms with Crippen molar-refractivity contribution in [1.29, 1.82) is 0 Å². The molecule has 0 bridgehead atoms. The second-order valence-electron chi connectivity index (χ2n) is 4.46. The number of ether oxygens (including phenoxy) is 1. The van der Waals surface area contributed by atoms with Gasteiger partial charge in [0.25, 0.3) is 0 Å². The molecule has 0 aromatic heterocycles. The molecule has 6 nitrogen and oxygen atoms in total. The number of rotatable bonds is 8. The van der Waals surface area contributed by atoms with Crippen molar-refractivity contribution in [3.8, 4) is 0 Å². The number of carbonyl (C=O) groups excluding carboxylic acids is 1. The zero-order chi connectivity index (χ0) is 13.5. The van der Waals surface area contributed by atoms with Crippen LogP contribution in [0.4, 0.5) is 0 Å². The SMILES string of the molecule is CCOCC(C)(C)[C@@H](O)C(=O)NCCC(=O)O. The first-order chi connectivity index (χ1) is 7.81. The van der Waals surface area contributed by atoms with Crippen LogP contribution in [0, 0.1) is 5.41 Å². The van der Waals surface area contributed by atoms with Gasteiger partial charge in [0.05, 0.1) is 13.0 Å². The van der Waals surface area contributed by atoms with E-state index < -0.39 is 23.4 Å². The van der Waals surface area contributed by atoms with Crippen LogP contribution in [-0.2, 0) is 14.3 Å². The van der Waals surface area contributed by atoms with E-state index >= 15 is 0 Å². The quantitative estimate of drug-likeness (QED) is 0.561. The Kier molecular flexibility index (Phi) is 6.75. The summed E-state index contributed by atoms with van der Waals surface area (Å²) < 4.78 is 5.18. The van der Waals surface area contributed by atoms with Gasteiger partial charge in [-0.3, -0.25) is 9.59 Å². The molecule has 0 saturated carbocycles. The smallest absolute Gasteiger partial charge is 0.305 e. The van der Waals surface area contributed by atoms with E-state index in [9.17, 15) is 14.7 Å². The van der Waals surface area contributed by atoms with Crippen LogP contribution in [0.25, 0.3) is 0 Å². The van der Waals surface area contributed by atoms with Crippen LogP contribution >= 0.6 is 0 Å². The third kappa shape index (κ3) is 6.23. The highest BCUT2D eigenvalue weighted by atomic mass is 16.5. The van der Waals surface area contributed by atoms with Gasteiger partial charge >= 0.3 is 5.97 Å². The maximum Gasteiger partial charge on any atom is 0.305 e. The van der Waals surface area contributed by atoms with Crippen molar-refractivity contribution in [2.45, 2.75) is 33.3 Å². The first-order valence-corrected chi connectivity index (χ1v) is 5.56. The van der Waals surface area contributed by atoms with Gasteiger partial charge in [-0.25, -0.2) is 0 Å². The molecular weight excluding hydrogens is 226 g/mol. The summed E-state index contributed by atoms with van der Waals surface area (Å²) in [6, 6.07) is 0. The Morgan fingerprint density at radius 3 is 2.47 bits per heavy atom. The van der Waals surface area contributed by atoms with Gasteiger partial charge in [0.15, 0.2) is 0 Å². The van der Waals surface area contributed by atoms with E-state index in [0.717, 1.165) is 0 Å². The lowest BCUT2D eigenvalue weighted by Gasteiger charge is -2.29. The Bertz CT molecular complexity index is 265. The number of aliphatic hydroxyl groups excluding tert-OH is 1. The van der Waals surface area contributed by atoms with Gasteiger partial charge in [0.1, 0.15) is 6.10 Å². The van der Waals surface area contributed by atoms with Crippen molar-refractivity contribution in [3.05, 3.63) is 0 Å². The molecule has 0 heterocycles. The van der Waals surface area contributed by atoms with Gasteiger partial charge < -0.3 is 20.3 Å². The van der Waals surface area contributed by atoms with Crippen molar-refractivity contribution >= 4 is 11.9 Å². The van der Waals surface area contributed by atoms with E-state index in [0.29, 0.717) is 6.61 Å². The molecule has 0 aromatic carbocycles. The normalized spacial score (nSPS) is 13.2. The van der Waals surface area contributed by atoms with E-state index in [4.69, 9.17) is 9.84 Å². The molecule has 100 valence electrons. The van der Waals surface area contributed by atoms with Crippen molar-refractivity contribution in [2.75, 3.05) is 19.8 Å². The van der Waals surface area contributed by atoms with Gasteiger partial charge in [0.2, 0.25) is 5.91 Å². The van der Waals surface area contributed by atoms with Crippen molar-refractivity contribution < 1.29 is 24.5 Å². The molecule has 0 aliphatic rings. The van der Waals surface area contributed by atoms with Crippen molar-refractivity contribution in [2.24, 2.45) is 5.41 Å². The number of aliphatic hydroxyl groups is 1. The molecule has 6 heteroatoms. The number of carbonyl (C=O) groups is 2. The second-order valence-corrected chi connectivity index (χ2v) is 4.46. The summed E-state index contributed by atoms with van der Waals surface area (Å²) in [5, 5.41) is 20.6. The number of carboxylic acid groups (broad SMARTS) is 1. The van der Waals surface area contributed by atoms with Crippen LogP contribution in [0.5, 0.6) is 0 Å². The number of nitrogens with one attached hydrogen (secondary N) is 1. The number of carboxylic acids is 1. The standard InChI is InChI=1S/C11H21NO5/c1-4-17-7-11(2,3)9(15)10(16)12-6-5-8(13)14/h9,15H,4-7H2,1-3H3,(H,12,16)(H,13,14)/t9-/m0/s1. The number of hydrogen-bond donors (Lipinski definition) is 3. The number of aliphatic carboxylic acids is 1. The summed E-state index contributed by atoms with van der Waals surface area (Å²) in [7, 11) is 0. The third-order valence-corrected chi connectivity index (χ3v) is 2.30. The van der Waals surface area contributed by atoms with Gasteiger partial charge in [-0.2, -0.15) is 0 Å². The Labute approximate surface area is 101 Å². The van der Waals surface area contributed by atoms with Gasteiger partial charge in [-0.1, -0.05) is 13.8 Å². The summed E-state index contributed by atoms with van der Waals surface area (Å²) in [5.74, 6) is -1.57. The lowest BCUT2D eigenvalue weighted by molar-refractivity contribution is -0.139. The highest BCUT2D eigenvalue weighted by molar-refractivity contribution is 5.81. The first-order valence-electron chi connectivity index (χ1n) is 5.56. The summed E-state index contributed by atoms with van der Waals surface area (Å²) in [4.78, 5) is 21.8. The van der Waals surface area contributed by atoms with Crippen LogP contribution in [-0.4, -0.2) is 48.0 Å². The van der Waals surface area contributed by atoms with Crippen LogP contribution in [0.2, 0.25) is 0 Å². The maximum absolute atomic E-state index is 11.5. The third-order valence-electron chi connectivity index (χ3n) is 2.30. The average molecular weight is 247 g/mol. The van der Waals surface area contributed by atoms with Crippen LogP contribution in [0.15, 0.2) is 0 Å². The molecule has 0 saturated heterocycles. The Morgan fingerprint density at radius 2 is 2.00 bits per heavy atom. The van der Waals surface area contributed by atoms with Crippen LogP contribution in [0.3, 0.4) is 0 Å². The average Bonchev–Trinajstić information content (AvgIpc) is 2.24. The molecule has 0 spiro atoms. The Morgan fingerprint density at radius 1 is 1.41 bits per heavy atom. The van der Waals surface area contributed by atoms with Gasteiger partial charge in [0, 0.05) is 18.6 Å². The zero-order valence-corrected chi connectivity index (χ0v) is 10.5. The second kappa shape index (κ2) is 7.24. The summed E-state index contributed by atoms with van der Waals surface area (Å²) >= 11 is 0. The van der Waals surface area contributed by atoms with E-state index in [2.05, 4.69) is 5.32 Å². The summed E-state index contributed by atoms with van der Waals surface area (Å²) in [6.45, 7) is 6.04. The van der Waals surface area contributed by atoms with Gasteiger partial charge in [-0.05, 0) is 6.92 Å². The molecule has 0 unspecified atom stereocenters. The molecule has 17 heavy (non-hydrogen) atoms. The predicted molar refractivity (Wildman–Crippen MR) is 61.5 cm³/mol. The summed E-state index contributed by atoms with van der Waals surface area (Å²) in [6.07, 6.45) is -1.38. The highest BCUT2D eigenvalue weighted by Gasteiger charge is 2.33. The molecule has 0 rings (SSSR count). The van der Waals surface area contributed by atoms with Crippen molar-refractivity contribution in [3.63, 3.8) is 0 Å². The topological polar surface area (TPSA) is 95.9 Å². The van der Waals surface area contributed by atoms with E-state index in [-0.39, 0.29) is 19.6 Å². The molecular formula is C11H21NO5. The van der Waals surface area contributed by atoms with Crippen LogP contribution in [0.1, 0.15) is 27.2 Å². The summed E-state index contributed by atoms with van der Waals surface area (Å²) in [5.41, 5.74) is -0.705. The fourth-order valence-electron chi connectivity index (χ4n) is 1.19. The minimum absolute atomic E-state index is 0.00986. The van der Waals surface area contributed by atoms with Crippen LogP contribution < -0.4 is 5.32 Å². The molecule has 0 fully saturated rings. The number of amides is 1. The van der Waals surface area contributed by atoms with E-state index in [1.165, 1.54) is 0 Å². The molecule has 0 aliphatic carbocycles. The highest BCUT2D eigenvalue weighted by Crippen LogP contribution is 2.21. The lowest BCUT2D eigenvalue weighted by atomic mass is 9.87. The molecule has 0 radical (unpaired) electrons. The monoisotopic (exact) mass is 247 g/mol. The molecule has 0 aliphatic heterocycles. The first kappa shape index (κ1) is 15.9. The molecule has 3 N–H and O–H groups in total. The maximum atomic E-state index is 11.5. The molecule has 1 amide bonds. The Balaban J connectivity index is 4.13. The van der Waals surface area contributed by atoms with Crippen molar-refractivity contribution in [1.82, 2.24) is 5.32 Å². The number of hydrogen-bond acceptors (Lipinski definition) is 4.